The smallest absolute Gasteiger partial charge is 0.263 e. The SMILES string of the molecule is CCCc1nc2sc(C)c(-c3ccc(C)cc3)c2c(=O)n1CCF. The second kappa shape index (κ2) is 6.85. The van der Waals surface area contributed by atoms with Gasteiger partial charge in [-0.3, -0.25) is 9.36 Å². The molecule has 0 aliphatic rings. The molecular weight excluding hydrogens is 323 g/mol. The van der Waals surface area contributed by atoms with Crippen LogP contribution in [-0.4, -0.2) is 16.2 Å². The Morgan fingerprint density at radius 2 is 1.92 bits per heavy atom. The van der Waals surface area contributed by atoms with E-state index in [4.69, 9.17) is 0 Å². The minimum Gasteiger partial charge on any atom is -0.293 e. The van der Waals surface area contributed by atoms with Crippen LogP contribution >= 0.6 is 11.3 Å². The number of thiophene rings is 1. The fourth-order valence-electron chi connectivity index (χ4n) is 3.03. The second-order valence-electron chi connectivity index (χ2n) is 6.00. The number of nitrogens with zero attached hydrogens (tertiary/aromatic N) is 2. The number of rotatable bonds is 5. The van der Waals surface area contributed by atoms with E-state index in [0.717, 1.165) is 27.3 Å². The Kier molecular flexibility index (Phi) is 4.81. The van der Waals surface area contributed by atoms with E-state index in [1.54, 1.807) is 11.3 Å². The molecule has 5 heteroatoms. The summed E-state index contributed by atoms with van der Waals surface area (Å²) in [5.41, 5.74) is 3.00. The Morgan fingerprint density at radius 3 is 2.54 bits per heavy atom. The van der Waals surface area contributed by atoms with Gasteiger partial charge in [-0.05, 0) is 25.8 Å². The highest BCUT2D eigenvalue weighted by Gasteiger charge is 2.19. The third-order valence-corrected chi connectivity index (χ3v) is 5.19. The number of hydrogen-bond donors (Lipinski definition) is 0. The molecule has 24 heavy (non-hydrogen) atoms. The van der Waals surface area contributed by atoms with Crippen LogP contribution in [-0.2, 0) is 13.0 Å². The molecule has 0 saturated carbocycles. The third kappa shape index (κ3) is 2.88. The summed E-state index contributed by atoms with van der Waals surface area (Å²) in [6, 6.07) is 8.14. The Morgan fingerprint density at radius 1 is 1.21 bits per heavy atom. The first-order chi connectivity index (χ1) is 11.6. The van der Waals surface area contributed by atoms with Crippen molar-refractivity contribution in [3.63, 3.8) is 0 Å². The lowest BCUT2D eigenvalue weighted by molar-refractivity contribution is 0.431. The highest BCUT2D eigenvalue weighted by atomic mass is 32.1. The van der Waals surface area contributed by atoms with Crippen LogP contribution in [0.4, 0.5) is 4.39 Å². The van der Waals surface area contributed by atoms with E-state index in [1.165, 1.54) is 10.1 Å². The Hall–Kier alpha value is -2.01. The highest BCUT2D eigenvalue weighted by Crippen LogP contribution is 2.35. The molecule has 0 fully saturated rings. The topological polar surface area (TPSA) is 34.9 Å². The molecule has 0 atom stereocenters. The van der Waals surface area contributed by atoms with Crippen LogP contribution in [0.5, 0.6) is 0 Å². The quantitative estimate of drug-likeness (QED) is 0.674. The van der Waals surface area contributed by atoms with Crippen molar-refractivity contribution in [3.8, 4) is 11.1 Å². The van der Waals surface area contributed by atoms with E-state index >= 15 is 0 Å². The molecule has 0 aliphatic heterocycles. The van der Waals surface area contributed by atoms with E-state index in [-0.39, 0.29) is 12.1 Å². The van der Waals surface area contributed by atoms with Crippen molar-refractivity contribution < 1.29 is 4.39 Å². The standard InChI is InChI=1S/C19H21FN2OS/c1-4-5-15-21-18-17(19(23)22(15)11-10-20)16(13(3)24-18)14-8-6-12(2)7-9-14/h6-9H,4-5,10-11H2,1-3H3. The van der Waals surface area contributed by atoms with Gasteiger partial charge >= 0.3 is 0 Å². The van der Waals surface area contributed by atoms with Gasteiger partial charge in [0.25, 0.3) is 5.56 Å². The molecule has 0 N–H and O–H groups in total. The number of benzene rings is 1. The van der Waals surface area contributed by atoms with Crippen molar-refractivity contribution in [2.24, 2.45) is 0 Å². The van der Waals surface area contributed by atoms with E-state index in [2.05, 4.69) is 4.98 Å². The predicted octanol–water partition coefficient (Wildman–Crippen LogP) is 4.66. The average Bonchev–Trinajstić information content (AvgIpc) is 2.88. The maximum Gasteiger partial charge on any atom is 0.263 e. The van der Waals surface area contributed by atoms with Crippen molar-refractivity contribution in [1.29, 1.82) is 0 Å². The maximum absolute atomic E-state index is 13.1. The van der Waals surface area contributed by atoms with Crippen LogP contribution < -0.4 is 5.56 Å². The largest absolute Gasteiger partial charge is 0.293 e. The van der Waals surface area contributed by atoms with Crippen LogP contribution in [0.3, 0.4) is 0 Å². The molecule has 3 aromatic rings. The van der Waals surface area contributed by atoms with E-state index in [0.29, 0.717) is 17.6 Å². The molecule has 0 unspecified atom stereocenters. The summed E-state index contributed by atoms with van der Waals surface area (Å²) in [4.78, 5) is 19.6. The zero-order chi connectivity index (χ0) is 17.3. The molecule has 0 aliphatic carbocycles. The fraction of sp³-hybridized carbons (Fsp3) is 0.368. The van der Waals surface area contributed by atoms with Crippen LogP contribution in [0.25, 0.3) is 21.3 Å². The van der Waals surface area contributed by atoms with Gasteiger partial charge < -0.3 is 0 Å². The Labute approximate surface area is 144 Å². The highest BCUT2D eigenvalue weighted by molar-refractivity contribution is 7.19. The molecule has 0 saturated heterocycles. The number of aryl methyl sites for hydroxylation is 3. The van der Waals surface area contributed by atoms with Gasteiger partial charge in [0.1, 0.15) is 17.3 Å². The van der Waals surface area contributed by atoms with Crippen molar-refractivity contribution in [2.75, 3.05) is 6.67 Å². The van der Waals surface area contributed by atoms with Crippen LogP contribution in [0.1, 0.15) is 29.6 Å². The molecule has 0 radical (unpaired) electrons. The summed E-state index contributed by atoms with van der Waals surface area (Å²) in [6.45, 7) is 5.59. The first kappa shape index (κ1) is 16.8. The van der Waals surface area contributed by atoms with Gasteiger partial charge in [-0.2, -0.15) is 0 Å². The lowest BCUT2D eigenvalue weighted by Gasteiger charge is -2.11. The zero-order valence-corrected chi connectivity index (χ0v) is 15.0. The van der Waals surface area contributed by atoms with Crippen LogP contribution in [0.2, 0.25) is 0 Å². The molecule has 3 rings (SSSR count). The van der Waals surface area contributed by atoms with Crippen LogP contribution in [0.15, 0.2) is 29.1 Å². The molecule has 1 aromatic carbocycles. The Bertz CT molecular complexity index is 925. The molecule has 3 nitrogen and oxygen atoms in total. The summed E-state index contributed by atoms with van der Waals surface area (Å²) < 4.78 is 14.5. The minimum atomic E-state index is -0.563. The van der Waals surface area contributed by atoms with Crippen molar-refractivity contribution >= 4 is 21.6 Å². The number of fused-ring (bicyclic) bond motifs is 1. The van der Waals surface area contributed by atoms with Crippen LogP contribution in [0, 0.1) is 13.8 Å². The molecule has 0 bridgehead atoms. The summed E-state index contributed by atoms with van der Waals surface area (Å²) in [6.07, 6.45) is 1.56. The van der Waals surface area contributed by atoms with Gasteiger partial charge in [0, 0.05) is 16.9 Å². The average molecular weight is 344 g/mol. The summed E-state index contributed by atoms with van der Waals surface area (Å²) >= 11 is 1.54. The van der Waals surface area contributed by atoms with Crippen molar-refractivity contribution in [2.45, 2.75) is 40.2 Å². The molecule has 0 amide bonds. The lowest BCUT2D eigenvalue weighted by atomic mass is 10.0. The normalized spacial score (nSPS) is 11.3. The van der Waals surface area contributed by atoms with E-state index < -0.39 is 6.67 Å². The summed E-state index contributed by atoms with van der Waals surface area (Å²) in [5.74, 6) is 0.685. The number of aromatic nitrogens is 2. The molecule has 2 aromatic heterocycles. The predicted molar refractivity (Wildman–Crippen MR) is 98.8 cm³/mol. The van der Waals surface area contributed by atoms with Gasteiger partial charge in [-0.15, -0.1) is 11.3 Å². The number of alkyl halides is 1. The molecule has 0 spiro atoms. The lowest BCUT2D eigenvalue weighted by Crippen LogP contribution is -2.26. The van der Waals surface area contributed by atoms with Gasteiger partial charge in [0.05, 0.1) is 11.9 Å². The van der Waals surface area contributed by atoms with Gasteiger partial charge in [-0.1, -0.05) is 36.8 Å². The molecule has 126 valence electrons. The minimum absolute atomic E-state index is 0.0688. The third-order valence-electron chi connectivity index (χ3n) is 4.19. The first-order valence-electron chi connectivity index (χ1n) is 8.22. The van der Waals surface area contributed by atoms with Crippen molar-refractivity contribution in [3.05, 3.63) is 50.9 Å². The number of hydrogen-bond acceptors (Lipinski definition) is 3. The molecule has 2 heterocycles. The van der Waals surface area contributed by atoms with Gasteiger partial charge in [0.2, 0.25) is 0 Å². The summed E-state index contributed by atoms with van der Waals surface area (Å²) in [5, 5.41) is 0.620. The van der Waals surface area contributed by atoms with Crippen molar-refractivity contribution in [1.82, 2.24) is 9.55 Å². The van der Waals surface area contributed by atoms with Gasteiger partial charge in [0.15, 0.2) is 0 Å². The maximum atomic E-state index is 13.1. The fourth-order valence-corrected chi connectivity index (χ4v) is 4.09. The first-order valence-corrected chi connectivity index (χ1v) is 9.04. The Balaban J connectivity index is 2.32. The van der Waals surface area contributed by atoms with Gasteiger partial charge in [-0.25, -0.2) is 9.37 Å². The zero-order valence-electron chi connectivity index (χ0n) is 14.2. The molecular formula is C19H21FN2OS. The second-order valence-corrected chi connectivity index (χ2v) is 7.21. The van der Waals surface area contributed by atoms with E-state index in [1.807, 2.05) is 45.0 Å². The van der Waals surface area contributed by atoms with E-state index in [9.17, 15) is 9.18 Å². The monoisotopic (exact) mass is 344 g/mol. The summed E-state index contributed by atoms with van der Waals surface area (Å²) in [7, 11) is 0. The number of halogens is 1.